The number of rotatable bonds is 22. The summed E-state index contributed by atoms with van der Waals surface area (Å²) >= 11 is 0. The van der Waals surface area contributed by atoms with Crippen molar-refractivity contribution < 1.29 is 33.7 Å². The normalized spacial score (nSPS) is 30.2. The molecular weight excluding hydrogens is 759 g/mol. The lowest BCUT2D eigenvalue weighted by molar-refractivity contribution is -0.383. The predicted octanol–water partition coefficient (Wildman–Crippen LogP) is 7.64. The van der Waals surface area contributed by atoms with Crippen LogP contribution in [0, 0.1) is 62.4 Å². The van der Waals surface area contributed by atoms with Gasteiger partial charge in [0.1, 0.15) is 6.04 Å². The Kier molecular flexibility index (Phi) is 15.1. The number of benzene rings is 1. The van der Waals surface area contributed by atoms with E-state index in [1.54, 1.807) is 6.07 Å². The first-order chi connectivity index (χ1) is 28.4. The molecule has 1 amide bonds. The second-order valence-electron chi connectivity index (χ2n) is 18.4. The number of unbranched alkanes of at least 4 members (excludes halogenated alkanes) is 1. The number of nitrogens with zero attached hydrogens (tertiary/aromatic N) is 6. The zero-order valence-electron chi connectivity index (χ0n) is 35.1. The number of hydrogen-bond acceptors (Lipinski definition) is 12. The predicted molar refractivity (Wildman–Crippen MR) is 221 cm³/mol. The second kappa shape index (κ2) is 20.0. The molecule has 6 rings (SSSR count). The Hall–Kier alpha value is -4.05. The minimum atomic E-state index is -0.749. The van der Waals surface area contributed by atoms with E-state index in [0.29, 0.717) is 93.4 Å². The average molecular weight is 824 g/mol. The van der Waals surface area contributed by atoms with Crippen LogP contribution in [-0.4, -0.2) is 83.8 Å². The van der Waals surface area contributed by atoms with Crippen molar-refractivity contribution in [3.63, 3.8) is 0 Å². The molecule has 0 saturated heterocycles. The van der Waals surface area contributed by atoms with Gasteiger partial charge < -0.3 is 30.9 Å². The van der Waals surface area contributed by atoms with E-state index in [9.17, 15) is 24.8 Å². The second-order valence-corrected chi connectivity index (χ2v) is 18.4. The molecule has 5 N–H and O–H groups in total. The van der Waals surface area contributed by atoms with Gasteiger partial charge in [0.15, 0.2) is 5.52 Å². The van der Waals surface area contributed by atoms with Gasteiger partial charge in [-0.15, -0.1) is 0 Å². The maximum absolute atomic E-state index is 14.0. The Morgan fingerprint density at radius 2 is 1.78 bits per heavy atom. The topological polar surface area (TPSA) is 254 Å². The summed E-state index contributed by atoms with van der Waals surface area (Å²) in [6.07, 6.45) is 13.3. The number of carboxylic acids is 1. The van der Waals surface area contributed by atoms with Gasteiger partial charge in [0.25, 0.3) is 0 Å². The fraction of sp³-hybridized carbons (Fsp3) is 0.810. The van der Waals surface area contributed by atoms with Crippen molar-refractivity contribution in [2.75, 3.05) is 44.8 Å². The summed E-state index contributed by atoms with van der Waals surface area (Å²) in [5.74, 6) is 2.05. The Balaban J connectivity index is 1.03. The number of nitro benzene ring substituents is 1. The molecule has 326 valence electrons. The number of aromatic nitrogens is 2. The van der Waals surface area contributed by atoms with E-state index in [1.165, 1.54) is 31.7 Å². The van der Waals surface area contributed by atoms with Crippen LogP contribution in [0.15, 0.2) is 21.9 Å². The number of non-ortho nitro benzene ring substituents is 1. The third-order valence-electron chi connectivity index (χ3n) is 15.3. The fourth-order valence-corrected chi connectivity index (χ4v) is 12.4. The number of carbonyl (C=O) groups is 2. The summed E-state index contributed by atoms with van der Waals surface area (Å²) in [4.78, 5) is 40.1. The molecule has 0 aliphatic heterocycles. The van der Waals surface area contributed by atoms with Crippen molar-refractivity contribution in [2.24, 2.45) is 63.1 Å². The minimum absolute atomic E-state index is 0.0404. The number of amides is 1. The molecule has 4 saturated carbocycles. The smallest absolute Gasteiger partial charge is 0.306 e. The van der Waals surface area contributed by atoms with Gasteiger partial charge in [0.05, 0.1) is 36.3 Å². The van der Waals surface area contributed by atoms with Crippen molar-refractivity contribution in [3.8, 4) is 0 Å². The first-order valence-electron chi connectivity index (χ1n) is 22.0. The highest BCUT2D eigenvalue weighted by molar-refractivity contribution is 5.95. The Morgan fingerprint density at radius 3 is 2.53 bits per heavy atom. The fourth-order valence-electron chi connectivity index (χ4n) is 12.4. The first-order valence-corrected chi connectivity index (χ1v) is 22.0. The molecule has 5 unspecified atom stereocenters. The van der Waals surface area contributed by atoms with Crippen LogP contribution >= 0.6 is 0 Å². The highest BCUT2D eigenvalue weighted by Gasteiger charge is 2.60. The van der Waals surface area contributed by atoms with Crippen molar-refractivity contribution in [2.45, 2.75) is 123 Å². The van der Waals surface area contributed by atoms with E-state index >= 15 is 0 Å². The lowest BCUT2D eigenvalue weighted by Gasteiger charge is -2.61. The zero-order valence-corrected chi connectivity index (χ0v) is 35.1. The molecule has 59 heavy (non-hydrogen) atoms. The highest BCUT2D eigenvalue weighted by atomic mass is 16.6. The van der Waals surface area contributed by atoms with E-state index in [1.807, 2.05) is 0 Å². The first kappa shape index (κ1) is 44.5. The number of hydrogen-bond donors (Lipinski definition) is 4. The third-order valence-corrected chi connectivity index (χ3v) is 15.3. The summed E-state index contributed by atoms with van der Waals surface area (Å²) < 4.78 is 15.9. The lowest BCUT2D eigenvalue weighted by Crippen LogP contribution is -2.56. The third kappa shape index (κ3) is 9.95. The summed E-state index contributed by atoms with van der Waals surface area (Å²) in [5.41, 5.74) is 15.1. The van der Waals surface area contributed by atoms with Crippen LogP contribution in [-0.2, 0) is 19.1 Å². The van der Waals surface area contributed by atoms with Crippen LogP contribution in [0.4, 0.5) is 11.4 Å². The minimum Gasteiger partial charge on any atom is -0.481 e. The molecule has 4 aliphatic rings. The van der Waals surface area contributed by atoms with Crippen molar-refractivity contribution in [3.05, 3.63) is 32.7 Å². The van der Waals surface area contributed by atoms with Crippen LogP contribution in [0.5, 0.6) is 0 Å². The summed E-state index contributed by atoms with van der Waals surface area (Å²) in [6, 6.07) is 2.41. The number of azide groups is 1. The average Bonchev–Trinajstić information content (AvgIpc) is 3.85. The van der Waals surface area contributed by atoms with E-state index < -0.39 is 22.9 Å². The van der Waals surface area contributed by atoms with Gasteiger partial charge in [-0.25, -0.2) is 4.63 Å². The Morgan fingerprint density at radius 1 is 1.03 bits per heavy atom. The molecule has 17 nitrogen and oxygen atoms in total. The largest absolute Gasteiger partial charge is 0.481 e. The molecule has 1 aromatic carbocycles. The number of fused-ring (bicyclic) bond motifs is 6. The maximum Gasteiger partial charge on any atom is 0.306 e. The summed E-state index contributed by atoms with van der Waals surface area (Å²) in [6.45, 7) is 9.60. The quantitative estimate of drug-likeness (QED) is 0.0223. The van der Waals surface area contributed by atoms with Gasteiger partial charge in [0.2, 0.25) is 11.4 Å². The molecular formula is C42H65N9O8. The van der Waals surface area contributed by atoms with E-state index in [-0.39, 0.29) is 46.0 Å². The molecule has 17 heteroatoms. The number of nitro groups is 1. The lowest BCUT2D eigenvalue weighted by atomic mass is 9.44. The number of aliphatic carboxylic acids is 1. The standard InChI is InChI=1S/C42H65N9O8/c1-26(24-27(40(53)54)15-20-57-22-23-58-21-19-45-50-44)31-9-10-32-30-8-7-28-25-29(13-16-41(28,2)33(30)14-17-42(31,32)3)46-39(52)35(6-4-5-18-43)47-34-11-12-36(51(55)56)38-37(34)48-59-49-38/h11-12,26-33,35,47H,4-10,13-25,43H2,1-3H3,(H,46,52)(H,53,54)/t26-,27?,28-,29-,30?,31?,32?,33?,35+,41+,42-/m1/s1. The number of nitrogens with two attached hydrogens (primary N) is 1. The monoisotopic (exact) mass is 823 g/mol. The summed E-state index contributed by atoms with van der Waals surface area (Å²) in [7, 11) is 0. The molecule has 0 bridgehead atoms. The van der Waals surface area contributed by atoms with E-state index in [2.05, 4.69) is 51.7 Å². The van der Waals surface area contributed by atoms with Crippen molar-refractivity contribution >= 4 is 34.3 Å². The SMILES string of the molecule is C[C@H](CC(CCOCCOCCN=[N+]=[N-])C(=O)O)C1CCC2C3CC[C@@H]4C[C@H](NC(=O)[C@H](CCCCN)Nc5ccc([N+](=O)[O-])c6nonc56)CC[C@]4(C)C3CC[C@@]21C. The molecule has 0 radical (unpaired) electrons. The Bertz CT molecular complexity index is 1810. The van der Waals surface area contributed by atoms with Gasteiger partial charge in [-0.2, -0.15) is 0 Å². The number of carboxylic acid groups (broad SMARTS) is 1. The van der Waals surface area contributed by atoms with Crippen LogP contribution < -0.4 is 16.4 Å². The van der Waals surface area contributed by atoms with E-state index in [0.717, 1.165) is 44.9 Å². The molecule has 1 heterocycles. The molecule has 4 fully saturated rings. The number of ether oxygens (including phenoxy) is 2. The maximum atomic E-state index is 14.0. The Labute approximate surface area is 346 Å². The number of carbonyl (C=O) groups excluding carboxylic acids is 1. The molecule has 4 aliphatic carbocycles. The van der Waals surface area contributed by atoms with Crippen molar-refractivity contribution in [1.29, 1.82) is 0 Å². The van der Waals surface area contributed by atoms with Crippen LogP contribution in [0.3, 0.4) is 0 Å². The van der Waals surface area contributed by atoms with Crippen LogP contribution in [0.1, 0.15) is 111 Å². The number of anilines is 1. The van der Waals surface area contributed by atoms with E-state index in [4.69, 9.17) is 25.4 Å². The van der Waals surface area contributed by atoms with Gasteiger partial charge >= 0.3 is 11.7 Å². The van der Waals surface area contributed by atoms with Gasteiger partial charge in [0, 0.05) is 30.2 Å². The number of nitrogens with one attached hydrogen (secondary N) is 2. The molecule has 2 aromatic rings. The molecule has 0 spiro atoms. The van der Waals surface area contributed by atoms with Gasteiger partial charge in [-0.05, 0) is 165 Å². The molecule has 1 aromatic heterocycles. The van der Waals surface area contributed by atoms with Crippen LogP contribution in [0.2, 0.25) is 0 Å². The van der Waals surface area contributed by atoms with Gasteiger partial charge in [-0.3, -0.25) is 19.7 Å². The van der Waals surface area contributed by atoms with Crippen LogP contribution in [0.25, 0.3) is 21.5 Å². The van der Waals surface area contributed by atoms with Gasteiger partial charge in [-0.1, -0.05) is 25.9 Å². The van der Waals surface area contributed by atoms with Crippen molar-refractivity contribution in [1.82, 2.24) is 15.6 Å². The highest BCUT2D eigenvalue weighted by Crippen LogP contribution is 2.68. The summed E-state index contributed by atoms with van der Waals surface area (Å²) in [5, 5.41) is 39.5. The molecule has 11 atom stereocenters. The zero-order chi connectivity index (χ0) is 42.2.